The van der Waals surface area contributed by atoms with E-state index in [-0.39, 0.29) is 12.2 Å². The molecule has 1 aliphatic heterocycles. The SMILES string of the molecule is O=C(Cc1ccc(Cl)cc1Cl)C1OCCc2ccccc21. The highest BCUT2D eigenvalue weighted by molar-refractivity contribution is 6.35. The molecule has 1 heterocycles. The summed E-state index contributed by atoms with van der Waals surface area (Å²) >= 11 is 12.0. The molecule has 21 heavy (non-hydrogen) atoms. The third kappa shape index (κ3) is 3.13. The zero-order valence-corrected chi connectivity index (χ0v) is 12.8. The van der Waals surface area contributed by atoms with E-state index in [0.717, 1.165) is 17.5 Å². The molecule has 3 rings (SSSR count). The van der Waals surface area contributed by atoms with Gasteiger partial charge >= 0.3 is 0 Å². The highest BCUT2D eigenvalue weighted by Gasteiger charge is 2.27. The monoisotopic (exact) mass is 320 g/mol. The second-order valence-corrected chi connectivity index (χ2v) is 5.92. The maximum atomic E-state index is 12.6. The number of Topliss-reactive ketones (excluding diaryl/α,β-unsaturated/α-hetero) is 1. The number of hydrogen-bond acceptors (Lipinski definition) is 2. The number of ketones is 1. The van der Waals surface area contributed by atoms with Crippen LogP contribution in [-0.4, -0.2) is 12.4 Å². The molecule has 0 radical (unpaired) electrons. The van der Waals surface area contributed by atoms with Crippen LogP contribution in [0, 0.1) is 0 Å². The predicted molar refractivity (Wildman–Crippen MR) is 84.0 cm³/mol. The Balaban J connectivity index is 1.83. The molecule has 0 N–H and O–H groups in total. The van der Waals surface area contributed by atoms with Crippen LogP contribution in [0.5, 0.6) is 0 Å². The van der Waals surface area contributed by atoms with E-state index >= 15 is 0 Å². The van der Waals surface area contributed by atoms with Crippen molar-refractivity contribution in [2.75, 3.05) is 6.61 Å². The molecule has 2 nitrogen and oxygen atoms in total. The highest BCUT2D eigenvalue weighted by atomic mass is 35.5. The van der Waals surface area contributed by atoms with Crippen LogP contribution in [0.15, 0.2) is 42.5 Å². The van der Waals surface area contributed by atoms with Crippen molar-refractivity contribution in [3.05, 3.63) is 69.2 Å². The average Bonchev–Trinajstić information content (AvgIpc) is 2.49. The molecule has 0 spiro atoms. The van der Waals surface area contributed by atoms with E-state index in [2.05, 4.69) is 0 Å². The summed E-state index contributed by atoms with van der Waals surface area (Å²) in [6.45, 7) is 0.571. The van der Waals surface area contributed by atoms with Crippen molar-refractivity contribution in [1.82, 2.24) is 0 Å². The van der Waals surface area contributed by atoms with E-state index in [4.69, 9.17) is 27.9 Å². The van der Waals surface area contributed by atoms with Crippen molar-refractivity contribution in [2.45, 2.75) is 18.9 Å². The quantitative estimate of drug-likeness (QED) is 0.836. The standard InChI is InChI=1S/C17H14Cl2O2/c18-13-6-5-12(15(19)10-13)9-16(20)17-14-4-2-1-3-11(14)7-8-21-17/h1-6,10,17H,7-9H2. The van der Waals surface area contributed by atoms with Crippen LogP contribution in [-0.2, 0) is 22.4 Å². The Morgan fingerprint density at radius 1 is 1.19 bits per heavy atom. The third-order valence-corrected chi connectivity index (χ3v) is 4.25. The first-order chi connectivity index (χ1) is 10.1. The lowest BCUT2D eigenvalue weighted by Crippen LogP contribution is -2.24. The van der Waals surface area contributed by atoms with E-state index < -0.39 is 6.10 Å². The van der Waals surface area contributed by atoms with Crippen LogP contribution >= 0.6 is 23.2 Å². The fourth-order valence-electron chi connectivity index (χ4n) is 2.61. The number of hydrogen-bond donors (Lipinski definition) is 0. The number of halogens is 2. The molecular weight excluding hydrogens is 307 g/mol. The normalized spacial score (nSPS) is 17.3. The van der Waals surface area contributed by atoms with Crippen molar-refractivity contribution in [1.29, 1.82) is 0 Å². The summed E-state index contributed by atoms with van der Waals surface area (Å²) in [6.07, 6.45) is 0.595. The lowest BCUT2D eigenvalue weighted by Gasteiger charge is -2.25. The van der Waals surface area contributed by atoms with Gasteiger partial charge in [0.05, 0.1) is 6.61 Å². The largest absolute Gasteiger partial charge is 0.365 e. The number of fused-ring (bicyclic) bond motifs is 1. The minimum Gasteiger partial charge on any atom is -0.365 e. The Hall–Kier alpha value is -1.35. The summed E-state index contributed by atoms with van der Waals surface area (Å²) in [5, 5.41) is 1.08. The van der Waals surface area contributed by atoms with Gasteiger partial charge in [-0.05, 0) is 35.2 Å². The molecule has 1 atom stereocenters. The molecule has 0 amide bonds. The molecule has 2 aromatic rings. The van der Waals surface area contributed by atoms with Crippen LogP contribution in [0.3, 0.4) is 0 Å². The van der Waals surface area contributed by atoms with Gasteiger partial charge < -0.3 is 4.74 Å². The molecular formula is C17H14Cl2O2. The van der Waals surface area contributed by atoms with Gasteiger partial charge in [-0.15, -0.1) is 0 Å². The fourth-order valence-corrected chi connectivity index (χ4v) is 3.08. The van der Waals surface area contributed by atoms with Gasteiger partial charge in [-0.25, -0.2) is 0 Å². The Labute approximate surface area is 133 Å². The van der Waals surface area contributed by atoms with Crippen LogP contribution < -0.4 is 0 Å². The Morgan fingerprint density at radius 2 is 2.00 bits per heavy atom. The van der Waals surface area contributed by atoms with Gasteiger partial charge in [-0.3, -0.25) is 4.79 Å². The first kappa shape index (κ1) is 14.6. The molecule has 1 aliphatic rings. The van der Waals surface area contributed by atoms with Gasteiger partial charge in [0.25, 0.3) is 0 Å². The molecule has 0 saturated carbocycles. The van der Waals surface area contributed by atoms with Gasteiger partial charge in [0, 0.05) is 16.5 Å². The summed E-state index contributed by atoms with van der Waals surface area (Å²) in [7, 11) is 0. The summed E-state index contributed by atoms with van der Waals surface area (Å²) < 4.78 is 5.68. The van der Waals surface area contributed by atoms with Crippen molar-refractivity contribution >= 4 is 29.0 Å². The predicted octanol–water partition coefficient (Wildman–Crippen LogP) is 4.42. The molecule has 2 aromatic carbocycles. The van der Waals surface area contributed by atoms with Gasteiger partial charge in [0.2, 0.25) is 0 Å². The minimum atomic E-state index is -0.498. The lowest BCUT2D eigenvalue weighted by molar-refractivity contribution is -0.131. The Kier molecular flexibility index (Phi) is 4.29. The molecule has 108 valence electrons. The van der Waals surface area contributed by atoms with Crippen molar-refractivity contribution < 1.29 is 9.53 Å². The van der Waals surface area contributed by atoms with Crippen molar-refractivity contribution in [3.63, 3.8) is 0 Å². The van der Waals surface area contributed by atoms with Crippen molar-refractivity contribution in [2.24, 2.45) is 0 Å². The number of ether oxygens (including phenoxy) is 1. The molecule has 0 fully saturated rings. The molecule has 0 saturated heterocycles. The van der Waals surface area contributed by atoms with Crippen molar-refractivity contribution in [3.8, 4) is 0 Å². The topological polar surface area (TPSA) is 26.3 Å². The Morgan fingerprint density at radius 3 is 2.81 bits per heavy atom. The first-order valence-electron chi connectivity index (χ1n) is 6.81. The summed E-state index contributed by atoms with van der Waals surface area (Å²) in [6, 6.07) is 13.1. The van der Waals surface area contributed by atoms with Crippen LogP contribution in [0.4, 0.5) is 0 Å². The van der Waals surface area contributed by atoms with Crippen LogP contribution in [0.1, 0.15) is 22.8 Å². The number of carbonyl (C=O) groups is 1. The van der Waals surface area contributed by atoms with E-state index in [0.29, 0.717) is 16.7 Å². The lowest BCUT2D eigenvalue weighted by atomic mass is 9.93. The van der Waals surface area contributed by atoms with Crippen LogP contribution in [0.25, 0.3) is 0 Å². The summed E-state index contributed by atoms with van der Waals surface area (Å²) in [4.78, 5) is 12.6. The number of benzene rings is 2. The molecule has 0 aromatic heterocycles. The molecule has 0 aliphatic carbocycles. The maximum Gasteiger partial charge on any atom is 0.170 e. The van der Waals surface area contributed by atoms with Gasteiger partial charge in [0.15, 0.2) is 5.78 Å². The van der Waals surface area contributed by atoms with Gasteiger partial charge in [-0.1, -0.05) is 53.5 Å². The zero-order chi connectivity index (χ0) is 14.8. The smallest absolute Gasteiger partial charge is 0.170 e. The molecule has 4 heteroatoms. The third-order valence-electron chi connectivity index (χ3n) is 3.67. The van der Waals surface area contributed by atoms with Gasteiger partial charge in [-0.2, -0.15) is 0 Å². The van der Waals surface area contributed by atoms with Crippen LogP contribution in [0.2, 0.25) is 10.0 Å². The molecule has 1 unspecified atom stereocenters. The van der Waals surface area contributed by atoms with E-state index in [1.165, 1.54) is 5.56 Å². The number of rotatable bonds is 3. The fraction of sp³-hybridized carbons (Fsp3) is 0.235. The zero-order valence-electron chi connectivity index (χ0n) is 11.3. The minimum absolute atomic E-state index is 0.0198. The second-order valence-electron chi connectivity index (χ2n) is 5.08. The van der Waals surface area contributed by atoms with E-state index in [1.807, 2.05) is 24.3 Å². The van der Waals surface area contributed by atoms with E-state index in [1.54, 1.807) is 18.2 Å². The second kappa shape index (κ2) is 6.18. The summed E-state index contributed by atoms with van der Waals surface area (Å²) in [5.41, 5.74) is 2.93. The number of carbonyl (C=O) groups excluding carboxylic acids is 1. The summed E-state index contributed by atoms with van der Waals surface area (Å²) in [5.74, 6) is 0.0198. The first-order valence-corrected chi connectivity index (χ1v) is 7.57. The average molecular weight is 321 g/mol. The van der Waals surface area contributed by atoms with Gasteiger partial charge in [0.1, 0.15) is 6.10 Å². The van der Waals surface area contributed by atoms with E-state index in [9.17, 15) is 4.79 Å². The highest BCUT2D eigenvalue weighted by Crippen LogP contribution is 2.30. The maximum absolute atomic E-state index is 12.6. The Bertz CT molecular complexity index is 682. The molecule has 0 bridgehead atoms.